The monoisotopic (exact) mass is 320 g/mol. The average Bonchev–Trinajstić information content (AvgIpc) is 2.50. The zero-order valence-corrected chi connectivity index (χ0v) is 14.4. The van der Waals surface area contributed by atoms with Gasteiger partial charge in [0.2, 0.25) is 11.8 Å². The van der Waals surface area contributed by atoms with E-state index < -0.39 is 12.1 Å². The maximum atomic E-state index is 12.3. The smallest absolute Gasteiger partial charge is 0.242 e. The number of aliphatic hydroxyl groups is 1. The number of carbonyl (C=O) groups excluding carboxylic acids is 2. The van der Waals surface area contributed by atoms with Crippen LogP contribution in [0.3, 0.4) is 0 Å². The van der Waals surface area contributed by atoms with Crippen LogP contribution in [0.4, 0.5) is 0 Å². The Morgan fingerprint density at radius 2 is 1.65 bits per heavy atom. The second kappa shape index (κ2) is 9.30. The molecule has 0 aliphatic carbocycles. The highest BCUT2D eigenvalue weighted by Crippen LogP contribution is 2.05. The molecule has 1 aromatic carbocycles. The standard InChI is InChI=1S/C18H28N2O3/c1-12(2)15(21)11-19-18(23)17(13(3)4)20-16(22)10-14-8-6-5-7-9-14/h5-9,12-13,15,17,21H,10-11H2,1-4H3,(H,19,23)(H,20,22). The first-order valence-corrected chi connectivity index (χ1v) is 8.10. The summed E-state index contributed by atoms with van der Waals surface area (Å²) < 4.78 is 0. The van der Waals surface area contributed by atoms with Gasteiger partial charge in [-0.1, -0.05) is 58.0 Å². The lowest BCUT2D eigenvalue weighted by molar-refractivity contribution is -0.130. The highest BCUT2D eigenvalue weighted by atomic mass is 16.3. The topological polar surface area (TPSA) is 78.4 Å². The van der Waals surface area contributed by atoms with Crippen molar-refractivity contribution in [3.05, 3.63) is 35.9 Å². The summed E-state index contributed by atoms with van der Waals surface area (Å²) in [5.41, 5.74) is 0.906. The van der Waals surface area contributed by atoms with Gasteiger partial charge in [-0.2, -0.15) is 0 Å². The van der Waals surface area contributed by atoms with Crippen LogP contribution in [0.25, 0.3) is 0 Å². The fraction of sp³-hybridized carbons (Fsp3) is 0.556. The largest absolute Gasteiger partial charge is 0.391 e. The third kappa shape index (κ3) is 6.82. The van der Waals surface area contributed by atoms with E-state index in [9.17, 15) is 14.7 Å². The van der Waals surface area contributed by atoms with Gasteiger partial charge in [0.25, 0.3) is 0 Å². The van der Waals surface area contributed by atoms with Crippen LogP contribution in [0.15, 0.2) is 30.3 Å². The van der Waals surface area contributed by atoms with E-state index in [4.69, 9.17) is 0 Å². The van der Waals surface area contributed by atoms with Gasteiger partial charge in [0.1, 0.15) is 6.04 Å². The van der Waals surface area contributed by atoms with E-state index >= 15 is 0 Å². The van der Waals surface area contributed by atoms with E-state index in [-0.39, 0.29) is 36.6 Å². The molecule has 2 amide bonds. The first-order valence-electron chi connectivity index (χ1n) is 8.10. The minimum absolute atomic E-state index is 0.0362. The van der Waals surface area contributed by atoms with Crippen LogP contribution in [0.2, 0.25) is 0 Å². The minimum atomic E-state index is -0.606. The lowest BCUT2D eigenvalue weighted by Gasteiger charge is -2.23. The Labute approximate surface area is 138 Å². The van der Waals surface area contributed by atoms with Crippen LogP contribution in [0, 0.1) is 11.8 Å². The maximum Gasteiger partial charge on any atom is 0.242 e. The van der Waals surface area contributed by atoms with Gasteiger partial charge in [0.05, 0.1) is 12.5 Å². The normalized spacial score (nSPS) is 13.7. The summed E-state index contributed by atoms with van der Waals surface area (Å²) in [6.45, 7) is 7.73. The summed E-state index contributed by atoms with van der Waals surface area (Å²) in [6.07, 6.45) is -0.349. The molecule has 5 nitrogen and oxygen atoms in total. The molecular formula is C18H28N2O3. The third-order valence-electron chi connectivity index (χ3n) is 3.73. The van der Waals surface area contributed by atoms with Crippen LogP contribution in [0.1, 0.15) is 33.3 Å². The molecule has 0 bridgehead atoms. The molecule has 1 aromatic rings. The maximum absolute atomic E-state index is 12.3. The molecule has 2 unspecified atom stereocenters. The number of hydrogen-bond acceptors (Lipinski definition) is 3. The van der Waals surface area contributed by atoms with Crippen LogP contribution in [-0.4, -0.2) is 35.6 Å². The van der Waals surface area contributed by atoms with Gasteiger partial charge in [-0.25, -0.2) is 0 Å². The van der Waals surface area contributed by atoms with Crippen molar-refractivity contribution >= 4 is 11.8 Å². The molecule has 128 valence electrons. The minimum Gasteiger partial charge on any atom is -0.391 e. The second-order valence-electron chi connectivity index (χ2n) is 6.51. The van der Waals surface area contributed by atoms with Gasteiger partial charge in [-0.15, -0.1) is 0 Å². The van der Waals surface area contributed by atoms with Gasteiger partial charge < -0.3 is 15.7 Å². The summed E-state index contributed by atoms with van der Waals surface area (Å²) >= 11 is 0. The number of nitrogens with one attached hydrogen (secondary N) is 2. The molecule has 0 aliphatic rings. The van der Waals surface area contributed by atoms with E-state index in [1.807, 2.05) is 58.0 Å². The van der Waals surface area contributed by atoms with Crippen molar-refractivity contribution in [2.75, 3.05) is 6.54 Å². The third-order valence-corrected chi connectivity index (χ3v) is 3.73. The summed E-state index contributed by atoms with van der Waals surface area (Å²) in [5.74, 6) is -0.415. The Morgan fingerprint density at radius 1 is 1.04 bits per heavy atom. The van der Waals surface area contributed by atoms with E-state index in [2.05, 4.69) is 10.6 Å². The van der Waals surface area contributed by atoms with Crippen LogP contribution < -0.4 is 10.6 Å². The molecule has 2 atom stereocenters. The van der Waals surface area contributed by atoms with Gasteiger partial charge in [0, 0.05) is 6.54 Å². The molecule has 23 heavy (non-hydrogen) atoms. The van der Waals surface area contributed by atoms with Gasteiger partial charge in [0.15, 0.2) is 0 Å². The van der Waals surface area contributed by atoms with Crippen molar-refractivity contribution in [1.82, 2.24) is 10.6 Å². The SMILES string of the molecule is CC(C)C(O)CNC(=O)C(NC(=O)Cc1ccccc1)C(C)C. The van der Waals surface area contributed by atoms with Gasteiger partial charge in [-0.3, -0.25) is 9.59 Å². The number of benzene rings is 1. The number of aliphatic hydroxyl groups excluding tert-OH is 1. The van der Waals surface area contributed by atoms with Gasteiger partial charge in [-0.05, 0) is 17.4 Å². The molecule has 0 saturated heterocycles. The highest BCUT2D eigenvalue weighted by Gasteiger charge is 2.24. The molecule has 5 heteroatoms. The predicted octanol–water partition coefficient (Wildman–Crippen LogP) is 1.50. The van der Waals surface area contributed by atoms with Crippen molar-refractivity contribution in [1.29, 1.82) is 0 Å². The van der Waals surface area contributed by atoms with Gasteiger partial charge >= 0.3 is 0 Å². The molecule has 0 fully saturated rings. The van der Waals surface area contributed by atoms with Crippen LogP contribution in [0.5, 0.6) is 0 Å². The van der Waals surface area contributed by atoms with E-state index in [1.165, 1.54) is 0 Å². The predicted molar refractivity (Wildman–Crippen MR) is 90.8 cm³/mol. The molecule has 1 rings (SSSR count). The Balaban J connectivity index is 2.57. The van der Waals surface area contributed by atoms with E-state index in [0.717, 1.165) is 5.56 Å². The molecule has 0 heterocycles. The first-order chi connectivity index (χ1) is 10.8. The Bertz CT molecular complexity index is 500. The number of carbonyl (C=O) groups is 2. The Hall–Kier alpha value is -1.88. The zero-order chi connectivity index (χ0) is 17.4. The fourth-order valence-corrected chi connectivity index (χ4v) is 2.09. The lowest BCUT2D eigenvalue weighted by atomic mass is 10.0. The molecule has 0 radical (unpaired) electrons. The van der Waals surface area contributed by atoms with Crippen molar-refractivity contribution in [2.45, 2.75) is 46.3 Å². The zero-order valence-electron chi connectivity index (χ0n) is 14.4. The van der Waals surface area contributed by atoms with Crippen molar-refractivity contribution in [3.8, 4) is 0 Å². The number of rotatable bonds is 8. The van der Waals surface area contributed by atoms with Crippen molar-refractivity contribution in [2.24, 2.45) is 11.8 Å². The Morgan fingerprint density at radius 3 is 2.17 bits per heavy atom. The lowest BCUT2D eigenvalue weighted by Crippen LogP contribution is -2.51. The summed E-state index contributed by atoms with van der Waals surface area (Å²) in [4.78, 5) is 24.4. The first kappa shape index (κ1) is 19.2. The van der Waals surface area contributed by atoms with E-state index in [0.29, 0.717) is 0 Å². The van der Waals surface area contributed by atoms with E-state index in [1.54, 1.807) is 0 Å². The van der Waals surface area contributed by atoms with Crippen molar-refractivity contribution < 1.29 is 14.7 Å². The molecule has 0 spiro atoms. The summed E-state index contributed by atoms with van der Waals surface area (Å²) in [5, 5.41) is 15.3. The summed E-state index contributed by atoms with van der Waals surface area (Å²) in [6, 6.07) is 8.80. The molecule has 0 aromatic heterocycles. The van der Waals surface area contributed by atoms with Crippen LogP contribution >= 0.6 is 0 Å². The Kier molecular flexibility index (Phi) is 7.75. The molecule has 0 saturated carbocycles. The number of amides is 2. The molecular weight excluding hydrogens is 292 g/mol. The quantitative estimate of drug-likeness (QED) is 0.679. The second-order valence-corrected chi connectivity index (χ2v) is 6.51. The number of hydrogen-bond donors (Lipinski definition) is 3. The van der Waals surface area contributed by atoms with Crippen LogP contribution in [-0.2, 0) is 16.0 Å². The highest BCUT2D eigenvalue weighted by molar-refractivity contribution is 5.88. The molecule has 3 N–H and O–H groups in total. The summed E-state index contributed by atoms with van der Waals surface area (Å²) in [7, 11) is 0. The molecule has 0 aliphatic heterocycles. The average molecular weight is 320 g/mol. The van der Waals surface area contributed by atoms with Crippen molar-refractivity contribution in [3.63, 3.8) is 0 Å². The fourth-order valence-electron chi connectivity index (χ4n) is 2.09.